The second kappa shape index (κ2) is 8.68. The molecule has 0 amide bonds. The molecule has 3 aliphatic rings. The molecule has 2 aliphatic heterocycles. The Morgan fingerprint density at radius 1 is 1.29 bits per heavy atom. The number of allylic oxidation sites excluding steroid dienone is 1. The third-order valence-corrected chi connectivity index (χ3v) is 7.36. The van der Waals surface area contributed by atoms with Crippen LogP contribution in [-0.4, -0.2) is 49.2 Å². The zero-order chi connectivity index (χ0) is 22.2. The lowest BCUT2D eigenvalue weighted by atomic mass is 9.68. The van der Waals surface area contributed by atoms with Gasteiger partial charge in [-0.25, -0.2) is 0 Å². The molecule has 1 spiro atoms. The van der Waals surface area contributed by atoms with Crippen molar-refractivity contribution in [3.8, 4) is 0 Å². The molecule has 1 aliphatic carbocycles. The average molecular weight is 429 g/mol. The summed E-state index contributed by atoms with van der Waals surface area (Å²) in [6.45, 7) is 9.18. The van der Waals surface area contributed by atoms with E-state index in [1.165, 1.54) is 5.57 Å². The maximum absolute atomic E-state index is 12.8. The van der Waals surface area contributed by atoms with Crippen molar-refractivity contribution < 1.29 is 23.7 Å². The molecule has 1 aromatic carbocycles. The van der Waals surface area contributed by atoms with Crippen molar-refractivity contribution in [1.82, 2.24) is 0 Å². The Morgan fingerprint density at radius 2 is 2.00 bits per heavy atom. The van der Waals surface area contributed by atoms with Crippen molar-refractivity contribution in [2.24, 2.45) is 5.92 Å². The van der Waals surface area contributed by atoms with Crippen LogP contribution in [0.15, 0.2) is 42.0 Å². The number of esters is 1. The van der Waals surface area contributed by atoms with E-state index < -0.39 is 0 Å². The van der Waals surface area contributed by atoms with Gasteiger partial charge in [0.15, 0.2) is 0 Å². The van der Waals surface area contributed by atoms with Crippen LogP contribution in [0.25, 0.3) is 0 Å². The van der Waals surface area contributed by atoms with Gasteiger partial charge < -0.3 is 18.9 Å². The van der Waals surface area contributed by atoms with Gasteiger partial charge in [-0.2, -0.15) is 0 Å². The van der Waals surface area contributed by atoms with Crippen LogP contribution in [0.1, 0.15) is 64.9 Å². The monoisotopic (exact) mass is 428 g/mol. The number of hydrogen-bond acceptors (Lipinski definition) is 5. The highest BCUT2D eigenvalue weighted by Crippen LogP contribution is 2.59. The molecule has 3 fully saturated rings. The van der Waals surface area contributed by atoms with E-state index in [4.69, 9.17) is 18.9 Å². The molecule has 1 aromatic rings. The minimum Gasteiger partial charge on any atom is -0.460 e. The van der Waals surface area contributed by atoms with Crippen LogP contribution in [0.4, 0.5) is 0 Å². The Bertz CT molecular complexity index is 810. The Balaban J connectivity index is 1.43. The molecule has 0 bridgehead atoms. The zero-order valence-corrected chi connectivity index (χ0v) is 19.4. The van der Waals surface area contributed by atoms with Gasteiger partial charge in [0.1, 0.15) is 23.4 Å². The van der Waals surface area contributed by atoms with Gasteiger partial charge >= 0.3 is 5.97 Å². The molecule has 5 heteroatoms. The number of benzene rings is 1. The smallest absolute Gasteiger partial charge is 0.306 e. The minimum atomic E-state index is -0.314. The maximum Gasteiger partial charge on any atom is 0.306 e. The number of hydrogen-bond donors (Lipinski definition) is 0. The van der Waals surface area contributed by atoms with E-state index in [9.17, 15) is 4.79 Å². The molecule has 1 saturated carbocycles. The van der Waals surface area contributed by atoms with Gasteiger partial charge in [0.2, 0.25) is 0 Å². The van der Waals surface area contributed by atoms with E-state index in [2.05, 4.69) is 45.9 Å². The highest BCUT2D eigenvalue weighted by Gasteiger charge is 2.72. The lowest BCUT2D eigenvalue weighted by Gasteiger charge is -2.42. The molecule has 5 nitrogen and oxygen atoms in total. The highest BCUT2D eigenvalue weighted by atomic mass is 16.6. The SMILES string of the molecule is CO[C@@H]1[C@H](OC(=O)C[C@H](C)c2ccccc2)CC[C@]2(CO2)[C@H]1[C@@]1(C)O[C@@H]1CC=C(C)C. The van der Waals surface area contributed by atoms with Crippen LogP contribution in [0.3, 0.4) is 0 Å². The molecule has 170 valence electrons. The standard InChI is InChI=1S/C26H36O5/c1-17(2)11-12-21-25(4,31-21)24-23(28-5)20(13-14-26(24)16-29-26)30-22(27)15-18(3)19-9-7-6-8-10-19/h6-11,18,20-21,23-24H,12-16H2,1-5H3/t18-,20+,21+,23+,24+,25-,26-/m0/s1. The fourth-order valence-corrected chi connectivity index (χ4v) is 5.44. The van der Waals surface area contributed by atoms with Gasteiger partial charge in [-0.1, -0.05) is 48.9 Å². The first-order chi connectivity index (χ1) is 14.8. The first-order valence-electron chi connectivity index (χ1n) is 11.5. The fraction of sp³-hybridized carbons (Fsp3) is 0.654. The lowest BCUT2D eigenvalue weighted by molar-refractivity contribution is -0.172. The molecule has 4 rings (SSSR count). The van der Waals surface area contributed by atoms with E-state index >= 15 is 0 Å². The Hall–Kier alpha value is -1.69. The van der Waals surface area contributed by atoms with Gasteiger partial charge in [0, 0.05) is 7.11 Å². The zero-order valence-electron chi connectivity index (χ0n) is 19.4. The summed E-state index contributed by atoms with van der Waals surface area (Å²) >= 11 is 0. The normalized spacial score (nSPS) is 37.2. The Kier molecular flexibility index (Phi) is 6.30. The van der Waals surface area contributed by atoms with Crippen molar-refractivity contribution in [1.29, 1.82) is 0 Å². The lowest BCUT2D eigenvalue weighted by Crippen LogP contribution is -2.55. The van der Waals surface area contributed by atoms with Crippen LogP contribution in [-0.2, 0) is 23.7 Å². The summed E-state index contributed by atoms with van der Waals surface area (Å²) in [5, 5.41) is 0. The average Bonchev–Trinajstić information content (AvgIpc) is 3.65. The summed E-state index contributed by atoms with van der Waals surface area (Å²) < 4.78 is 24.2. The van der Waals surface area contributed by atoms with Gasteiger partial charge in [0.05, 0.1) is 25.0 Å². The van der Waals surface area contributed by atoms with E-state index in [1.807, 2.05) is 18.2 Å². The summed E-state index contributed by atoms with van der Waals surface area (Å²) in [6.07, 6.45) is 4.76. The summed E-state index contributed by atoms with van der Waals surface area (Å²) in [7, 11) is 1.71. The van der Waals surface area contributed by atoms with Crippen LogP contribution >= 0.6 is 0 Å². The number of methoxy groups -OCH3 is 1. The Morgan fingerprint density at radius 3 is 2.61 bits per heavy atom. The number of carbonyl (C=O) groups excluding carboxylic acids is 1. The van der Waals surface area contributed by atoms with Crippen LogP contribution < -0.4 is 0 Å². The van der Waals surface area contributed by atoms with Gasteiger partial charge in [-0.3, -0.25) is 4.79 Å². The largest absolute Gasteiger partial charge is 0.460 e. The molecule has 7 atom stereocenters. The summed E-state index contributed by atoms with van der Waals surface area (Å²) in [6, 6.07) is 10.1. The number of carbonyl (C=O) groups is 1. The summed E-state index contributed by atoms with van der Waals surface area (Å²) in [4.78, 5) is 12.8. The highest BCUT2D eigenvalue weighted by molar-refractivity contribution is 5.70. The molecule has 2 saturated heterocycles. The van der Waals surface area contributed by atoms with Gasteiger partial charge in [-0.05, 0) is 51.5 Å². The third kappa shape index (κ3) is 4.59. The number of ether oxygens (including phenoxy) is 4. The molecule has 0 aromatic heterocycles. The maximum atomic E-state index is 12.8. The van der Waals surface area contributed by atoms with Crippen LogP contribution in [0.2, 0.25) is 0 Å². The number of epoxide rings is 2. The second-order valence-corrected chi connectivity index (χ2v) is 9.92. The summed E-state index contributed by atoms with van der Waals surface area (Å²) in [5.41, 5.74) is 1.93. The van der Waals surface area contributed by atoms with Crippen molar-refractivity contribution in [3.05, 3.63) is 47.5 Å². The molecule has 0 N–H and O–H groups in total. The van der Waals surface area contributed by atoms with E-state index in [0.29, 0.717) is 6.42 Å². The summed E-state index contributed by atoms with van der Waals surface area (Å²) in [5.74, 6) is 0.00126. The van der Waals surface area contributed by atoms with Gasteiger partial charge in [-0.15, -0.1) is 0 Å². The molecule has 0 unspecified atom stereocenters. The molecule has 31 heavy (non-hydrogen) atoms. The van der Waals surface area contributed by atoms with E-state index in [0.717, 1.165) is 31.4 Å². The third-order valence-electron chi connectivity index (χ3n) is 7.36. The van der Waals surface area contributed by atoms with Crippen molar-refractivity contribution >= 4 is 5.97 Å². The van der Waals surface area contributed by atoms with Crippen molar-refractivity contribution in [2.45, 2.75) is 88.8 Å². The van der Waals surface area contributed by atoms with Crippen LogP contribution in [0.5, 0.6) is 0 Å². The first kappa shape index (κ1) is 22.5. The molecule has 2 heterocycles. The molecular formula is C26H36O5. The molecular weight excluding hydrogens is 392 g/mol. The minimum absolute atomic E-state index is 0.0543. The Labute approximate surface area is 186 Å². The number of rotatable bonds is 8. The quantitative estimate of drug-likeness (QED) is 0.338. The topological polar surface area (TPSA) is 60.6 Å². The predicted molar refractivity (Wildman–Crippen MR) is 119 cm³/mol. The predicted octanol–water partition coefficient (Wildman–Crippen LogP) is 4.80. The second-order valence-electron chi connectivity index (χ2n) is 9.92. The van der Waals surface area contributed by atoms with E-state index in [1.54, 1.807) is 7.11 Å². The van der Waals surface area contributed by atoms with Crippen LogP contribution in [0, 0.1) is 5.92 Å². The first-order valence-corrected chi connectivity index (χ1v) is 11.5. The van der Waals surface area contributed by atoms with Gasteiger partial charge in [0.25, 0.3) is 0 Å². The van der Waals surface area contributed by atoms with Crippen molar-refractivity contribution in [3.63, 3.8) is 0 Å². The van der Waals surface area contributed by atoms with Crippen molar-refractivity contribution in [2.75, 3.05) is 13.7 Å². The fourth-order valence-electron chi connectivity index (χ4n) is 5.44. The molecule has 0 radical (unpaired) electrons. The van der Waals surface area contributed by atoms with E-state index in [-0.39, 0.29) is 47.3 Å².